The van der Waals surface area contributed by atoms with E-state index in [4.69, 9.17) is 0 Å². The van der Waals surface area contributed by atoms with Crippen LogP contribution < -0.4 is 5.32 Å². The zero-order valence-electron chi connectivity index (χ0n) is 15.2. The number of benzene rings is 1. The van der Waals surface area contributed by atoms with Gasteiger partial charge in [0, 0.05) is 18.2 Å². The van der Waals surface area contributed by atoms with Crippen molar-refractivity contribution in [1.29, 1.82) is 0 Å². The highest BCUT2D eigenvalue weighted by Gasteiger charge is 2.30. The molecule has 1 saturated carbocycles. The number of hydrogen-bond acceptors (Lipinski definition) is 3. The number of carbonyl (C=O) groups excluding carboxylic acids is 1. The molecule has 0 spiro atoms. The fraction of sp³-hybridized carbons (Fsp3) is 0.450. The van der Waals surface area contributed by atoms with Crippen molar-refractivity contribution in [3.63, 3.8) is 0 Å². The number of nitrogens with one attached hydrogen (secondary N) is 1. The van der Waals surface area contributed by atoms with Gasteiger partial charge in [0.25, 0.3) is 0 Å². The molecule has 2 N–H and O–H groups in total. The molecule has 1 fully saturated rings. The Bertz CT molecular complexity index is 812. The minimum absolute atomic E-state index is 0.0564. The number of para-hydroxylation sites is 1. The molecule has 0 aliphatic heterocycles. The van der Waals surface area contributed by atoms with Crippen LogP contribution in [0.1, 0.15) is 42.6 Å². The average Bonchev–Trinajstić information content (AvgIpc) is 2.98. The highest BCUT2D eigenvalue weighted by Crippen LogP contribution is 2.29. The first-order valence-electron chi connectivity index (χ1n) is 9.07. The van der Waals surface area contributed by atoms with Gasteiger partial charge in [-0.3, -0.25) is 9.59 Å². The van der Waals surface area contributed by atoms with Crippen LogP contribution in [0.5, 0.6) is 0 Å². The molecule has 2 unspecified atom stereocenters. The molecule has 138 valence electrons. The Kier molecular flexibility index (Phi) is 5.40. The zero-order chi connectivity index (χ0) is 18.7. The van der Waals surface area contributed by atoms with Gasteiger partial charge in [0.1, 0.15) is 0 Å². The molecule has 2 aromatic rings. The normalized spacial score (nSPS) is 19.9. The van der Waals surface area contributed by atoms with Crippen molar-refractivity contribution in [2.24, 2.45) is 11.8 Å². The number of nitrogens with zero attached hydrogens (tertiary/aromatic N) is 2. The first-order valence-corrected chi connectivity index (χ1v) is 9.07. The lowest BCUT2D eigenvalue weighted by Crippen LogP contribution is -2.35. The topological polar surface area (TPSA) is 84.2 Å². The highest BCUT2D eigenvalue weighted by atomic mass is 16.4. The number of aliphatic carboxylic acids is 1. The number of carboxylic acid groups (broad SMARTS) is 1. The zero-order valence-corrected chi connectivity index (χ0v) is 15.2. The largest absolute Gasteiger partial charge is 0.481 e. The molecule has 1 aliphatic carbocycles. The summed E-state index contributed by atoms with van der Waals surface area (Å²) in [6.45, 7) is 4.36. The SMILES string of the molecule is Cc1cc(C)n(-c2ccccc2CNC(=O)C2CCCC(C(=O)O)C2)n1. The number of hydrogen-bond donors (Lipinski definition) is 2. The maximum absolute atomic E-state index is 12.5. The summed E-state index contributed by atoms with van der Waals surface area (Å²) in [6.07, 6.45) is 2.65. The van der Waals surface area contributed by atoms with Crippen molar-refractivity contribution in [3.8, 4) is 5.69 Å². The molecule has 0 radical (unpaired) electrons. The minimum atomic E-state index is -0.794. The van der Waals surface area contributed by atoms with Crippen LogP contribution in [-0.2, 0) is 16.1 Å². The van der Waals surface area contributed by atoms with E-state index >= 15 is 0 Å². The Balaban J connectivity index is 1.69. The van der Waals surface area contributed by atoms with Crippen molar-refractivity contribution in [2.45, 2.75) is 46.1 Å². The standard InChI is InChI=1S/C20H25N3O3/c1-13-10-14(2)23(22-13)18-9-4-3-6-17(18)12-21-19(24)15-7-5-8-16(11-15)20(25)26/h3-4,6,9-10,15-16H,5,7-8,11-12H2,1-2H3,(H,21,24)(H,25,26). The van der Waals surface area contributed by atoms with E-state index in [2.05, 4.69) is 10.4 Å². The third-order valence-corrected chi connectivity index (χ3v) is 5.08. The van der Waals surface area contributed by atoms with Gasteiger partial charge in [0.05, 0.1) is 17.3 Å². The van der Waals surface area contributed by atoms with Gasteiger partial charge in [-0.15, -0.1) is 0 Å². The molecule has 0 bridgehead atoms. The maximum Gasteiger partial charge on any atom is 0.306 e. The second-order valence-corrected chi connectivity index (χ2v) is 7.08. The Labute approximate surface area is 153 Å². The summed E-state index contributed by atoms with van der Waals surface area (Å²) in [7, 11) is 0. The third-order valence-electron chi connectivity index (χ3n) is 5.08. The van der Waals surface area contributed by atoms with E-state index in [1.165, 1.54) is 0 Å². The van der Waals surface area contributed by atoms with Gasteiger partial charge in [-0.25, -0.2) is 4.68 Å². The van der Waals surface area contributed by atoms with E-state index in [1.807, 2.05) is 48.9 Å². The molecule has 26 heavy (non-hydrogen) atoms. The smallest absolute Gasteiger partial charge is 0.306 e. The minimum Gasteiger partial charge on any atom is -0.481 e. The lowest BCUT2D eigenvalue weighted by atomic mass is 9.81. The Morgan fingerprint density at radius 2 is 1.96 bits per heavy atom. The average molecular weight is 355 g/mol. The van der Waals surface area contributed by atoms with Crippen LogP contribution >= 0.6 is 0 Å². The molecule has 1 aromatic heterocycles. The van der Waals surface area contributed by atoms with Crippen molar-refractivity contribution < 1.29 is 14.7 Å². The summed E-state index contributed by atoms with van der Waals surface area (Å²) in [5, 5.41) is 16.7. The van der Waals surface area contributed by atoms with E-state index in [1.54, 1.807) is 0 Å². The van der Waals surface area contributed by atoms with Crippen molar-refractivity contribution in [2.75, 3.05) is 0 Å². The summed E-state index contributed by atoms with van der Waals surface area (Å²) < 4.78 is 1.89. The van der Waals surface area contributed by atoms with Crippen molar-refractivity contribution >= 4 is 11.9 Å². The summed E-state index contributed by atoms with van der Waals surface area (Å²) in [6, 6.07) is 9.88. The quantitative estimate of drug-likeness (QED) is 0.863. The van der Waals surface area contributed by atoms with E-state index < -0.39 is 11.9 Å². The molecule has 2 atom stereocenters. The second kappa shape index (κ2) is 7.72. The first kappa shape index (κ1) is 18.2. The number of rotatable bonds is 5. The van der Waals surface area contributed by atoms with E-state index in [0.29, 0.717) is 19.4 Å². The molecule has 1 aromatic carbocycles. The van der Waals surface area contributed by atoms with Crippen LogP contribution in [0.15, 0.2) is 30.3 Å². The van der Waals surface area contributed by atoms with Crippen molar-refractivity contribution in [3.05, 3.63) is 47.3 Å². The number of aryl methyl sites for hydroxylation is 2. The molecule has 0 saturated heterocycles. The van der Waals surface area contributed by atoms with Crippen LogP contribution in [0.3, 0.4) is 0 Å². The highest BCUT2D eigenvalue weighted by molar-refractivity contribution is 5.80. The van der Waals surface area contributed by atoms with Crippen LogP contribution in [0.2, 0.25) is 0 Å². The predicted octanol–water partition coefficient (Wildman–Crippen LogP) is 3.00. The third kappa shape index (κ3) is 3.95. The first-order chi connectivity index (χ1) is 12.5. The predicted molar refractivity (Wildman–Crippen MR) is 98.0 cm³/mol. The monoisotopic (exact) mass is 355 g/mol. The van der Waals surface area contributed by atoms with E-state index in [-0.39, 0.29) is 11.8 Å². The molecule has 3 rings (SSSR count). The Hall–Kier alpha value is -2.63. The Morgan fingerprint density at radius 1 is 1.23 bits per heavy atom. The van der Waals surface area contributed by atoms with Gasteiger partial charge >= 0.3 is 5.97 Å². The van der Waals surface area contributed by atoms with Gasteiger partial charge in [-0.1, -0.05) is 24.6 Å². The number of amides is 1. The van der Waals surface area contributed by atoms with Crippen LogP contribution in [0.25, 0.3) is 5.69 Å². The van der Waals surface area contributed by atoms with E-state index in [9.17, 15) is 14.7 Å². The molecule has 6 nitrogen and oxygen atoms in total. The van der Waals surface area contributed by atoms with Crippen LogP contribution in [-0.4, -0.2) is 26.8 Å². The Morgan fingerprint density at radius 3 is 2.65 bits per heavy atom. The van der Waals surface area contributed by atoms with E-state index in [0.717, 1.165) is 35.5 Å². The van der Waals surface area contributed by atoms with Gasteiger partial charge < -0.3 is 10.4 Å². The van der Waals surface area contributed by atoms with Gasteiger partial charge in [0.15, 0.2) is 0 Å². The molecule has 1 amide bonds. The van der Waals surface area contributed by atoms with Gasteiger partial charge in [0.2, 0.25) is 5.91 Å². The lowest BCUT2D eigenvalue weighted by Gasteiger charge is -2.25. The number of aromatic nitrogens is 2. The summed E-state index contributed by atoms with van der Waals surface area (Å²) in [5.74, 6) is -1.47. The molecular formula is C20H25N3O3. The maximum atomic E-state index is 12.5. The summed E-state index contributed by atoms with van der Waals surface area (Å²) in [5.41, 5.74) is 3.92. The fourth-order valence-corrected chi connectivity index (χ4v) is 3.72. The van der Waals surface area contributed by atoms with Gasteiger partial charge in [-0.05, 0) is 50.8 Å². The number of carbonyl (C=O) groups is 2. The van der Waals surface area contributed by atoms with Crippen molar-refractivity contribution in [1.82, 2.24) is 15.1 Å². The number of carboxylic acids is 1. The summed E-state index contributed by atoms with van der Waals surface area (Å²) in [4.78, 5) is 23.7. The second-order valence-electron chi connectivity index (χ2n) is 7.08. The molecule has 6 heteroatoms. The molecular weight excluding hydrogens is 330 g/mol. The summed E-state index contributed by atoms with van der Waals surface area (Å²) >= 11 is 0. The fourth-order valence-electron chi connectivity index (χ4n) is 3.72. The van der Waals surface area contributed by atoms with Crippen LogP contribution in [0, 0.1) is 25.7 Å². The molecule has 1 heterocycles. The lowest BCUT2D eigenvalue weighted by molar-refractivity contribution is -0.144. The van der Waals surface area contributed by atoms with Gasteiger partial charge in [-0.2, -0.15) is 5.10 Å². The van der Waals surface area contributed by atoms with Crippen LogP contribution in [0.4, 0.5) is 0 Å². The molecule has 1 aliphatic rings.